The highest BCUT2D eigenvalue weighted by Gasteiger charge is 2.06. The smallest absolute Gasteiger partial charge is 0.161 e. The summed E-state index contributed by atoms with van der Waals surface area (Å²) in [6.45, 7) is 4.29. The fourth-order valence-corrected chi connectivity index (χ4v) is 1.50. The van der Waals surface area contributed by atoms with Crippen LogP contribution in [0.4, 0.5) is 0 Å². The lowest BCUT2D eigenvalue weighted by Gasteiger charge is -2.13. The molecule has 0 amide bonds. The van der Waals surface area contributed by atoms with E-state index in [-0.39, 0.29) is 0 Å². The number of ether oxygens (including phenoxy) is 3. The Labute approximate surface area is 103 Å². The molecule has 0 atom stereocenters. The zero-order valence-electron chi connectivity index (χ0n) is 10.6. The van der Waals surface area contributed by atoms with Crippen LogP contribution in [-0.4, -0.2) is 33.5 Å². The van der Waals surface area contributed by atoms with Crippen LogP contribution in [0.25, 0.3) is 0 Å². The maximum absolute atomic E-state index is 5.58. The minimum absolute atomic E-state index is 0.521. The Morgan fingerprint density at radius 1 is 1.12 bits per heavy atom. The van der Waals surface area contributed by atoms with Crippen LogP contribution in [0.2, 0.25) is 0 Å². The van der Waals surface area contributed by atoms with Crippen molar-refractivity contribution in [1.29, 1.82) is 0 Å². The first-order valence-corrected chi connectivity index (χ1v) is 5.89. The largest absolute Gasteiger partial charge is 0.490 e. The molecule has 0 saturated heterocycles. The van der Waals surface area contributed by atoms with Gasteiger partial charge in [-0.25, -0.2) is 0 Å². The third kappa shape index (κ3) is 4.63. The predicted octanol–water partition coefficient (Wildman–Crippen LogP) is 1.61. The summed E-state index contributed by atoms with van der Waals surface area (Å²) in [5.74, 6) is 1.53. The summed E-state index contributed by atoms with van der Waals surface area (Å²) >= 11 is 0. The summed E-state index contributed by atoms with van der Waals surface area (Å²) in [7, 11) is 1.65. The van der Waals surface area contributed by atoms with Crippen LogP contribution in [-0.2, 0) is 11.2 Å². The van der Waals surface area contributed by atoms with Gasteiger partial charge >= 0.3 is 0 Å². The molecule has 96 valence electrons. The first-order valence-electron chi connectivity index (χ1n) is 5.89. The van der Waals surface area contributed by atoms with Crippen molar-refractivity contribution in [2.24, 2.45) is 5.73 Å². The van der Waals surface area contributed by atoms with Gasteiger partial charge in [0.05, 0.1) is 13.2 Å². The number of methoxy groups -OCH3 is 1. The Morgan fingerprint density at radius 2 is 1.94 bits per heavy atom. The van der Waals surface area contributed by atoms with E-state index < -0.39 is 0 Å². The van der Waals surface area contributed by atoms with Gasteiger partial charge in [-0.2, -0.15) is 0 Å². The third-order valence-electron chi connectivity index (χ3n) is 2.29. The van der Waals surface area contributed by atoms with Crippen molar-refractivity contribution in [3.05, 3.63) is 23.8 Å². The second-order valence-corrected chi connectivity index (χ2v) is 3.59. The Kier molecular flexibility index (Phi) is 6.43. The highest BCUT2D eigenvalue weighted by atomic mass is 16.5. The zero-order valence-corrected chi connectivity index (χ0v) is 10.6. The second kappa shape index (κ2) is 7.92. The van der Waals surface area contributed by atoms with Gasteiger partial charge in [0.15, 0.2) is 11.5 Å². The van der Waals surface area contributed by atoms with Crippen LogP contribution < -0.4 is 15.2 Å². The third-order valence-corrected chi connectivity index (χ3v) is 2.29. The molecule has 0 heterocycles. The minimum Gasteiger partial charge on any atom is -0.490 e. The Bertz CT molecular complexity index is 328. The average Bonchev–Trinajstić information content (AvgIpc) is 2.33. The highest BCUT2D eigenvalue weighted by Crippen LogP contribution is 2.28. The van der Waals surface area contributed by atoms with Gasteiger partial charge in [0.1, 0.15) is 6.61 Å². The van der Waals surface area contributed by atoms with Crippen LogP contribution in [0.1, 0.15) is 12.5 Å². The monoisotopic (exact) mass is 239 g/mol. The first-order chi connectivity index (χ1) is 8.31. The van der Waals surface area contributed by atoms with Gasteiger partial charge in [-0.3, -0.25) is 0 Å². The van der Waals surface area contributed by atoms with Crippen molar-refractivity contribution in [2.45, 2.75) is 13.3 Å². The number of hydrogen-bond donors (Lipinski definition) is 1. The molecule has 2 N–H and O–H groups in total. The lowest BCUT2D eigenvalue weighted by molar-refractivity contribution is 0.143. The summed E-state index contributed by atoms with van der Waals surface area (Å²) in [6.07, 6.45) is 0.846. The Hall–Kier alpha value is -1.26. The molecule has 17 heavy (non-hydrogen) atoms. The van der Waals surface area contributed by atoms with E-state index in [2.05, 4.69) is 0 Å². The standard InChI is InChI=1S/C13H21NO3/c1-3-16-13-10-11(6-7-14)4-5-12(13)17-9-8-15-2/h4-5,10H,3,6-9,14H2,1-2H3. The molecular formula is C13H21NO3. The molecule has 1 rings (SSSR count). The normalized spacial score (nSPS) is 10.3. The van der Waals surface area contributed by atoms with E-state index in [0.29, 0.717) is 26.4 Å². The van der Waals surface area contributed by atoms with E-state index in [0.717, 1.165) is 23.5 Å². The van der Waals surface area contributed by atoms with Crippen LogP contribution in [0.5, 0.6) is 11.5 Å². The van der Waals surface area contributed by atoms with E-state index in [4.69, 9.17) is 19.9 Å². The molecule has 0 aliphatic carbocycles. The highest BCUT2D eigenvalue weighted by molar-refractivity contribution is 5.43. The molecule has 0 saturated carbocycles. The van der Waals surface area contributed by atoms with Gasteiger partial charge in [-0.15, -0.1) is 0 Å². The summed E-state index contributed by atoms with van der Waals surface area (Å²) in [4.78, 5) is 0. The first kappa shape index (κ1) is 13.8. The molecule has 0 bridgehead atoms. The van der Waals surface area contributed by atoms with Gasteiger partial charge in [0, 0.05) is 7.11 Å². The van der Waals surface area contributed by atoms with Crippen molar-refractivity contribution in [3.8, 4) is 11.5 Å². The topological polar surface area (TPSA) is 53.7 Å². The molecular weight excluding hydrogens is 218 g/mol. The van der Waals surface area contributed by atoms with E-state index in [1.165, 1.54) is 0 Å². The second-order valence-electron chi connectivity index (χ2n) is 3.59. The summed E-state index contributed by atoms with van der Waals surface area (Å²) in [5.41, 5.74) is 6.69. The summed E-state index contributed by atoms with van der Waals surface area (Å²) in [5, 5.41) is 0. The van der Waals surface area contributed by atoms with E-state index in [1.807, 2.05) is 25.1 Å². The molecule has 0 spiro atoms. The Morgan fingerprint density at radius 3 is 2.59 bits per heavy atom. The average molecular weight is 239 g/mol. The number of benzene rings is 1. The van der Waals surface area contributed by atoms with Crippen molar-refractivity contribution < 1.29 is 14.2 Å². The molecule has 4 nitrogen and oxygen atoms in total. The molecule has 0 aliphatic rings. The lowest BCUT2D eigenvalue weighted by Crippen LogP contribution is -2.07. The zero-order chi connectivity index (χ0) is 12.5. The van der Waals surface area contributed by atoms with Gasteiger partial charge in [0.2, 0.25) is 0 Å². The maximum atomic E-state index is 5.58. The predicted molar refractivity (Wildman–Crippen MR) is 67.7 cm³/mol. The molecule has 4 heteroatoms. The quantitative estimate of drug-likeness (QED) is 0.700. The van der Waals surface area contributed by atoms with Gasteiger partial charge < -0.3 is 19.9 Å². The van der Waals surface area contributed by atoms with Gasteiger partial charge in [-0.1, -0.05) is 6.07 Å². The van der Waals surface area contributed by atoms with Gasteiger partial charge in [-0.05, 0) is 37.6 Å². The minimum atomic E-state index is 0.521. The molecule has 0 aliphatic heterocycles. The number of nitrogens with two attached hydrogens (primary N) is 1. The number of hydrogen-bond acceptors (Lipinski definition) is 4. The van der Waals surface area contributed by atoms with E-state index in [1.54, 1.807) is 7.11 Å². The van der Waals surface area contributed by atoms with Crippen LogP contribution >= 0.6 is 0 Å². The SMILES string of the molecule is CCOc1cc(CCN)ccc1OCCOC. The van der Waals surface area contributed by atoms with Crippen molar-refractivity contribution >= 4 is 0 Å². The van der Waals surface area contributed by atoms with Crippen LogP contribution in [0.3, 0.4) is 0 Å². The van der Waals surface area contributed by atoms with Crippen LogP contribution in [0.15, 0.2) is 18.2 Å². The lowest BCUT2D eigenvalue weighted by atomic mass is 10.1. The van der Waals surface area contributed by atoms with Crippen molar-refractivity contribution in [2.75, 3.05) is 33.5 Å². The van der Waals surface area contributed by atoms with E-state index >= 15 is 0 Å². The van der Waals surface area contributed by atoms with Gasteiger partial charge in [0.25, 0.3) is 0 Å². The Balaban J connectivity index is 2.72. The number of rotatable bonds is 8. The fourth-order valence-electron chi connectivity index (χ4n) is 1.50. The summed E-state index contributed by atoms with van der Waals surface area (Å²) < 4.78 is 16.1. The molecule has 1 aromatic carbocycles. The summed E-state index contributed by atoms with van der Waals surface area (Å²) in [6, 6.07) is 5.92. The van der Waals surface area contributed by atoms with E-state index in [9.17, 15) is 0 Å². The molecule has 0 radical (unpaired) electrons. The fraction of sp³-hybridized carbons (Fsp3) is 0.538. The van der Waals surface area contributed by atoms with Crippen molar-refractivity contribution in [3.63, 3.8) is 0 Å². The van der Waals surface area contributed by atoms with Crippen LogP contribution in [0, 0.1) is 0 Å². The molecule has 0 fully saturated rings. The van der Waals surface area contributed by atoms with Crippen molar-refractivity contribution in [1.82, 2.24) is 0 Å². The molecule has 1 aromatic rings. The maximum Gasteiger partial charge on any atom is 0.161 e. The molecule has 0 aromatic heterocycles. The molecule has 0 unspecified atom stereocenters.